The highest BCUT2D eigenvalue weighted by molar-refractivity contribution is 5.91. The molecule has 5 N–H and O–H groups in total. The van der Waals surface area contributed by atoms with E-state index in [0.29, 0.717) is 24.7 Å². The molecule has 3 aliphatic heterocycles. The molecule has 2 aromatic rings. The van der Waals surface area contributed by atoms with Crippen LogP contribution in [0.3, 0.4) is 0 Å². The van der Waals surface area contributed by atoms with Crippen LogP contribution in [0.15, 0.2) is 48.5 Å². The van der Waals surface area contributed by atoms with Crippen LogP contribution in [-0.4, -0.2) is 64.3 Å². The summed E-state index contributed by atoms with van der Waals surface area (Å²) in [6, 6.07) is 14.4. The number of nitrogens with two attached hydrogens (primary N) is 1. The van der Waals surface area contributed by atoms with Gasteiger partial charge in [0, 0.05) is 25.2 Å². The molecule has 0 aliphatic carbocycles. The molecule has 2 aromatic carbocycles. The number of nitrogen functional groups attached to an aromatic ring is 1. The van der Waals surface area contributed by atoms with Crippen LogP contribution < -0.4 is 16.0 Å². The first-order valence-electron chi connectivity index (χ1n) is 13.6. The number of hydrogen-bond donors (Lipinski definition) is 4. The Kier molecular flexibility index (Phi) is 7.59. The number of benzene rings is 2. The first kappa shape index (κ1) is 26.4. The highest BCUT2D eigenvalue weighted by atomic mass is 19.1. The summed E-state index contributed by atoms with van der Waals surface area (Å²) in [4.78, 5) is 29.6. The Morgan fingerprint density at radius 3 is 2.58 bits per heavy atom. The fraction of sp³-hybridized carbons (Fsp3) is 0.517. The van der Waals surface area contributed by atoms with Gasteiger partial charge in [0.2, 0.25) is 0 Å². The minimum absolute atomic E-state index is 0.175. The van der Waals surface area contributed by atoms with Crippen LogP contribution in [0.1, 0.15) is 50.6 Å². The average Bonchev–Trinajstić information content (AvgIpc) is 3.47. The third kappa shape index (κ3) is 5.09. The van der Waals surface area contributed by atoms with Crippen molar-refractivity contribution < 1.29 is 24.2 Å². The van der Waals surface area contributed by atoms with Gasteiger partial charge >= 0.3 is 0 Å². The van der Waals surface area contributed by atoms with E-state index in [2.05, 4.69) is 17.1 Å². The maximum absolute atomic E-state index is 13.6. The van der Waals surface area contributed by atoms with Gasteiger partial charge in [-0.3, -0.25) is 9.59 Å². The van der Waals surface area contributed by atoms with Gasteiger partial charge in [0.1, 0.15) is 5.82 Å². The fourth-order valence-electron chi connectivity index (χ4n) is 6.78. The van der Waals surface area contributed by atoms with Crippen molar-refractivity contribution in [2.75, 3.05) is 23.7 Å². The summed E-state index contributed by atoms with van der Waals surface area (Å²) in [5.41, 5.74) is 8.38. The predicted molar refractivity (Wildman–Crippen MR) is 143 cm³/mol. The number of anilines is 2. The molecule has 3 heterocycles. The Labute approximate surface area is 222 Å². The molecule has 9 heteroatoms. The van der Waals surface area contributed by atoms with Crippen molar-refractivity contribution in [3.05, 3.63) is 59.9 Å². The van der Waals surface area contributed by atoms with Gasteiger partial charge in [-0.05, 0) is 67.7 Å². The lowest BCUT2D eigenvalue weighted by atomic mass is 9.88. The molecule has 2 unspecified atom stereocenters. The molecule has 38 heavy (non-hydrogen) atoms. The van der Waals surface area contributed by atoms with Crippen LogP contribution in [0.4, 0.5) is 15.8 Å². The largest absolute Gasteiger partial charge is 0.397 e. The normalized spacial score (nSPS) is 28.3. The Balaban J connectivity index is 1.17. The van der Waals surface area contributed by atoms with Gasteiger partial charge in [-0.2, -0.15) is 0 Å². The molecule has 0 saturated carbocycles. The number of aliphatic hydroxyl groups is 2. The molecular formula is C29H37FN4O4. The third-order valence-corrected chi connectivity index (χ3v) is 8.61. The zero-order chi connectivity index (χ0) is 27.0. The number of halogens is 1. The lowest BCUT2D eigenvalue weighted by Crippen LogP contribution is -2.52. The minimum atomic E-state index is -1.84. The molecule has 0 aromatic heterocycles. The van der Waals surface area contributed by atoms with Gasteiger partial charge in [0.25, 0.3) is 11.8 Å². The fourth-order valence-corrected chi connectivity index (χ4v) is 6.78. The SMILES string of the molecule is CC1C[C@H]2CC(CNC(=O)[C@H](O)[C@@H](O)C(=O)N3CCC[C@@H]3c3ccccc3)C[C@@H]1N2c1ccc(F)cc1N. The summed E-state index contributed by atoms with van der Waals surface area (Å²) in [5.74, 6) is -1.13. The quantitative estimate of drug-likeness (QED) is 0.414. The van der Waals surface area contributed by atoms with Crippen LogP contribution >= 0.6 is 0 Å². The molecule has 8 nitrogen and oxygen atoms in total. The number of nitrogens with zero attached hydrogens (tertiary/aromatic N) is 2. The molecule has 5 rings (SSSR count). The van der Waals surface area contributed by atoms with Gasteiger partial charge < -0.3 is 31.1 Å². The van der Waals surface area contributed by atoms with Gasteiger partial charge in [-0.25, -0.2) is 4.39 Å². The van der Waals surface area contributed by atoms with Crippen molar-refractivity contribution in [3.8, 4) is 0 Å². The molecule has 0 radical (unpaired) electrons. The van der Waals surface area contributed by atoms with Gasteiger partial charge in [-0.15, -0.1) is 0 Å². The van der Waals surface area contributed by atoms with E-state index in [1.165, 1.54) is 12.1 Å². The summed E-state index contributed by atoms with van der Waals surface area (Å²) in [7, 11) is 0. The molecule has 3 aliphatic rings. The molecule has 204 valence electrons. The number of likely N-dealkylation sites (tertiary alicyclic amines) is 1. The second kappa shape index (κ2) is 10.9. The van der Waals surface area contributed by atoms with Crippen molar-refractivity contribution in [2.24, 2.45) is 11.8 Å². The summed E-state index contributed by atoms with van der Waals surface area (Å²) in [6.07, 6.45) is 0.534. The molecular weight excluding hydrogens is 487 g/mol. The third-order valence-electron chi connectivity index (χ3n) is 8.61. The second-order valence-electron chi connectivity index (χ2n) is 11.1. The number of carbonyl (C=O) groups excluding carboxylic acids is 2. The average molecular weight is 525 g/mol. The number of hydrogen-bond acceptors (Lipinski definition) is 6. The summed E-state index contributed by atoms with van der Waals surface area (Å²) in [6.45, 7) is 3.02. The van der Waals surface area contributed by atoms with E-state index in [1.807, 2.05) is 30.3 Å². The Morgan fingerprint density at radius 1 is 1.11 bits per heavy atom. The van der Waals surface area contributed by atoms with E-state index in [-0.39, 0.29) is 29.9 Å². The van der Waals surface area contributed by atoms with E-state index < -0.39 is 24.0 Å². The van der Waals surface area contributed by atoms with Crippen molar-refractivity contribution in [1.82, 2.24) is 10.2 Å². The van der Waals surface area contributed by atoms with E-state index in [1.54, 1.807) is 11.0 Å². The van der Waals surface area contributed by atoms with Gasteiger partial charge in [0.05, 0.1) is 17.4 Å². The van der Waals surface area contributed by atoms with Crippen LogP contribution in [-0.2, 0) is 9.59 Å². The van der Waals surface area contributed by atoms with Crippen molar-refractivity contribution in [1.29, 1.82) is 0 Å². The van der Waals surface area contributed by atoms with Crippen LogP contribution in [0, 0.1) is 17.7 Å². The number of rotatable bonds is 7. The summed E-state index contributed by atoms with van der Waals surface area (Å²) >= 11 is 0. The number of aliphatic hydroxyl groups excluding tert-OH is 2. The standard InChI is InChI=1S/C29H37FN4O4/c1-17-12-21-13-18(14-25(17)34(21)24-10-9-20(30)15-22(24)31)16-32-28(37)26(35)27(36)29(38)33-11-5-8-23(33)19-6-3-2-4-7-19/h2-4,6-7,9-10,15,17-18,21,23,25-27,35-36H,5,8,11-14,16,31H2,1H3,(H,32,37)/t17?,18?,21-,23+,25-,26+,27+/m0/s1. The molecule has 0 spiro atoms. The van der Waals surface area contributed by atoms with Crippen LogP contribution in [0.2, 0.25) is 0 Å². The monoisotopic (exact) mass is 524 g/mol. The van der Waals surface area contributed by atoms with Gasteiger partial charge in [-0.1, -0.05) is 37.3 Å². The predicted octanol–water partition coefficient (Wildman–Crippen LogP) is 2.60. The first-order chi connectivity index (χ1) is 18.2. The van der Waals surface area contributed by atoms with Crippen molar-refractivity contribution in [2.45, 2.75) is 69.4 Å². The van der Waals surface area contributed by atoms with Gasteiger partial charge in [0.15, 0.2) is 12.2 Å². The highest BCUT2D eigenvalue weighted by Crippen LogP contribution is 2.46. The van der Waals surface area contributed by atoms with E-state index >= 15 is 0 Å². The Hall–Kier alpha value is -3.17. The Morgan fingerprint density at radius 2 is 1.87 bits per heavy atom. The second-order valence-corrected chi connectivity index (χ2v) is 11.1. The molecule has 2 amide bonds. The molecule has 3 fully saturated rings. The number of fused-ring (bicyclic) bond motifs is 2. The minimum Gasteiger partial charge on any atom is -0.397 e. The highest BCUT2D eigenvalue weighted by Gasteiger charge is 2.46. The molecule has 3 saturated heterocycles. The smallest absolute Gasteiger partial charge is 0.255 e. The summed E-state index contributed by atoms with van der Waals surface area (Å²) < 4.78 is 13.6. The maximum Gasteiger partial charge on any atom is 0.255 e. The zero-order valence-corrected chi connectivity index (χ0v) is 21.7. The van der Waals surface area contributed by atoms with E-state index in [4.69, 9.17) is 5.73 Å². The van der Waals surface area contributed by atoms with Crippen molar-refractivity contribution >= 4 is 23.2 Å². The molecule has 2 bridgehead atoms. The van der Waals surface area contributed by atoms with Crippen LogP contribution in [0.5, 0.6) is 0 Å². The maximum atomic E-state index is 13.6. The lowest BCUT2D eigenvalue weighted by molar-refractivity contribution is -0.153. The molecule has 7 atom stereocenters. The van der Waals surface area contributed by atoms with E-state index in [9.17, 15) is 24.2 Å². The topological polar surface area (TPSA) is 119 Å². The van der Waals surface area contributed by atoms with Crippen molar-refractivity contribution in [3.63, 3.8) is 0 Å². The first-order valence-corrected chi connectivity index (χ1v) is 13.6. The Bertz CT molecular complexity index is 1160. The zero-order valence-electron chi connectivity index (χ0n) is 21.7. The van der Waals surface area contributed by atoms with E-state index in [0.717, 1.165) is 43.4 Å². The number of piperidine rings is 1. The lowest BCUT2D eigenvalue weighted by Gasteiger charge is -2.42. The number of amides is 2. The van der Waals surface area contributed by atoms with Crippen LogP contribution in [0.25, 0.3) is 0 Å². The number of carbonyl (C=O) groups is 2. The summed E-state index contributed by atoms with van der Waals surface area (Å²) in [5, 5.41) is 23.9. The number of nitrogens with one attached hydrogen (secondary N) is 1.